The maximum atomic E-state index is 6.46. The molecule has 0 amide bonds. The number of para-hydroxylation sites is 1. The van der Waals surface area contributed by atoms with E-state index in [9.17, 15) is 0 Å². The summed E-state index contributed by atoms with van der Waals surface area (Å²) in [5.74, 6) is 0.982. The van der Waals surface area contributed by atoms with Crippen LogP contribution in [0.4, 0.5) is 5.69 Å². The van der Waals surface area contributed by atoms with E-state index in [1.54, 1.807) is 0 Å². The molecule has 104 valence electrons. The van der Waals surface area contributed by atoms with Gasteiger partial charge in [-0.3, -0.25) is 0 Å². The molecule has 3 heteroatoms. The van der Waals surface area contributed by atoms with Gasteiger partial charge in [-0.1, -0.05) is 30.3 Å². The molecule has 2 N–H and O–H groups in total. The van der Waals surface area contributed by atoms with E-state index in [0.29, 0.717) is 0 Å². The summed E-state index contributed by atoms with van der Waals surface area (Å²) in [7, 11) is 4.07. The zero-order valence-electron chi connectivity index (χ0n) is 12.0. The lowest BCUT2D eigenvalue weighted by Crippen LogP contribution is -2.14. The summed E-state index contributed by atoms with van der Waals surface area (Å²) in [4.78, 5) is 2.09. The Labute approximate surface area is 120 Å². The minimum Gasteiger partial charge on any atom is -0.493 e. The van der Waals surface area contributed by atoms with Crippen LogP contribution < -0.4 is 15.4 Å². The van der Waals surface area contributed by atoms with Gasteiger partial charge in [0.05, 0.1) is 12.6 Å². The van der Waals surface area contributed by atoms with Gasteiger partial charge in [-0.2, -0.15) is 0 Å². The third kappa shape index (κ3) is 2.25. The summed E-state index contributed by atoms with van der Waals surface area (Å²) < 4.78 is 5.76. The van der Waals surface area contributed by atoms with E-state index in [-0.39, 0.29) is 6.04 Å². The van der Waals surface area contributed by atoms with Crippen molar-refractivity contribution >= 4 is 5.69 Å². The lowest BCUT2D eigenvalue weighted by atomic mass is 9.96. The van der Waals surface area contributed by atoms with Crippen molar-refractivity contribution in [2.24, 2.45) is 5.73 Å². The largest absolute Gasteiger partial charge is 0.493 e. The fraction of sp³-hybridized carbons (Fsp3) is 0.294. The Morgan fingerprint density at radius 2 is 1.95 bits per heavy atom. The second kappa shape index (κ2) is 5.17. The molecule has 2 aromatic carbocycles. The van der Waals surface area contributed by atoms with Gasteiger partial charge in [0.15, 0.2) is 0 Å². The lowest BCUT2D eigenvalue weighted by Gasteiger charge is -2.19. The van der Waals surface area contributed by atoms with Gasteiger partial charge in [-0.15, -0.1) is 0 Å². The number of nitrogens with two attached hydrogens (primary N) is 1. The van der Waals surface area contributed by atoms with Gasteiger partial charge in [0.25, 0.3) is 0 Å². The monoisotopic (exact) mass is 268 g/mol. The first-order chi connectivity index (χ1) is 9.66. The van der Waals surface area contributed by atoms with Crippen molar-refractivity contribution in [1.29, 1.82) is 0 Å². The van der Waals surface area contributed by atoms with Crippen LogP contribution in [0.2, 0.25) is 0 Å². The van der Waals surface area contributed by atoms with Crippen molar-refractivity contribution in [1.82, 2.24) is 0 Å². The average Bonchev–Trinajstić information content (AvgIpc) is 2.95. The molecule has 0 spiro atoms. The van der Waals surface area contributed by atoms with Crippen LogP contribution in [0.25, 0.3) is 0 Å². The van der Waals surface area contributed by atoms with Crippen LogP contribution in [-0.2, 0) is 6.42 Å². The molecule has 3 nitrogen and oxygen atoms in total. The molecule has 1 heterocycles. The van der Waals surface area contributed by atoms with Crippen LogP contribution in [0.3, 0.4) is 0 Å². The van der Waals surface area contributed by atoms with Crippen LogP contribution in [0.15, 0.2) is 42.5 Å². The van der Waals surface area contributed by atoms with E-state index < -0.39 is 0 Å². The van der Waals surface area contributed by atoms with E-state index >= 15 is 0 Å². The Balaban J connectivity index is 1.99. The first kappa shape index (κ1) is 13.0. The Morgan fingerprint density at radius 1 is 1.15 bits per heavy atom. The summed E-state index contributed by atoms with van der Waals surface area (Å²) in [6.07, 6.45) is 0.980. The molecule has 0 saturated heterocycles. The van der Waals surface area contributed by atoms with Gasteiger partial charge < -0.3 is 15.4 Å². The highest BCUT2D eigenvalue weighted by atomic mass is 16.5. The third-order valence-corrected chi connectivity index (χ3v) is 3.83. The Bertz CT molecular complexity index is 622. The van der Waals surface area contributed by atoms with Gasteiger partial charge >= 0.3 is 0 Å². The van der Waals surface area contributed by atoms with Gasteiger partial charge in [-0.25, -0.2) is 0 Å². The summed E-state index contributed by atoms with van der Waals surface area (Å²) in [5, 5.41) is 0. The molecule has 1 aliphatic rings. The SMILES string of the molecule is CN(C)c1cccc(C(N)c2cccc3c2OCC3)c1. The third-order valence-electron chi connectivity index (χ3n) is 3.83. The molecule has 0 bridgehead atoms. The molecule has 0 aliphatic carbocycles. The number of fused-ring (bicyclic) bond motifs is 1. The second-order valence-electron chi connectivity index (χ2n) is 5.40. The summed E-state index contributed by atoms with van der Waals surface area (Å²) in [5.41, 5.74) is 11.1. The van der Waals surface area contributed by atoms with Gasteiger partial charge in [0.1, 0.15) is 5.75 Å². The minimum atomic E-state index is -0.150. The summed E-state index contributed by atoms with van der Waals surface area (Å²) in [6.45, 7) is 0.761. The minimum absolute atomic E-state index is 0.150. The predicted molar refractivity (Wildman–Crippen MR) is 82.4 cm³/mol. The van der Waals surface area contributed by atoms with Crippen LogP contribution >= 0.6 is 0 Å². The van der Waals surface area contributed by atoms with E-state index in [1.165, 1.54) is 5.56 Å². The molecule has 0 fully saturated rings. The average molecular weight is 268 g/mol. The zero-order valence-corrected chi connectivity index (χ0v) is 12.0. The smallest absolute Gasteiger partial charge is 0.127 e. The van der Waals surface area contributed by atoms with Crippen LogP contribution in [0.5, 0.6) is 5.75 Å². The highest BCUT2D eigenvalue weighted by Gasteiger charge is 2.21. The van der Waals surface area contributed by atoms with E-state index in [0.717, 1.165) is 35.6 Å². The molecule has 3 rings (SSSR count). The normalized spacial score (nSPS) is 14.6. The highest BCUT2D eigenvalue weighted by Crippen LogP contribution is 2.35. The van der Waals surface area contributed by atoms with E-state index in [2.05, 4.69) is 47.4 Å². The van der Waals surface area contributed by atoms with E-state index in [1.807, 2.05) is 14.1 Å². The van der Waals surface area contributed by atoms with E-state index in [4.69, 9.17) is 10.5 Å². The molecule has 0 saturated carbocycles. The maximum absolute atomic E-state index is 6.46. The van der Waals surface area contributed by atoms with Crippen molar-refractivity contribution in [2.45, 2.75) is 12.5 Å². The van der Waals surface area contributed by atoms with Crippen molar-refractivity contribution in [2.75, 3.05) is 25.6 Å². The van der Waals surface area contributed by atoms with Crippen LogP contribution in [0.1, 0.15) is 22.7 Å². The molecule has 2 aromatic rings. The summed E-state index contributed by atoms with van der Waals surface area (Å²) in [6, 6.07) is 14.5. The molecular formula is C17H20N2O. The standard InChI is InChI=1S/C17H20N2O/c1-19(2)14-7-3-6-13(11-14)16(18)15-8-4-5-12-9-10-20-17(12)15/h3-8,11,16H,9-10,18H2,1-2H3. The van der Waals surface area contributed by atoms with Crippen molar-refractivity contribution in [3.63, 3.8) is 0 Å². The molecule has 0 aromatic heterocycles. The zero-order chi connectivity index (χ0) is 14.1. The number of anilines is 1. The molecule has 1 atom stereocenters. The van der Waals surface area contributed by atoms with Gasteiger partial charge in [-0.05, 0) is 23.3 Å². The van der Waals surface area contributed by atoms with Crippen molar-refractivity contribution < 1.29 is 4.74 Å². The topological polar surface area (TPSA) is 38.5 Å². The van der Waals surface area contributed by atoms with Gasteiger partial charge in [0.2, 0.25) is 0 Å². The lowest BCUT2D eigenvalue weighted by molar-refractivity contribution is 0.352. The van der Waals surface area contributed by atoms with Gasteiger partial charge in [0, 0.05) is 31.8 Å². The summed E-state index contributed by atoms with van der Waals surface area (Å²) >= 11 is 0. The number of hydrogen-bond acceptors (Lipinski definition) is 3. The number of nitrogens with zero attached hydrogens (tertiary/aromatic N) is 1. The number of rotatable bonds is 3. The molecule has 0 radical (unpaired) electrons. The Kier molecular flexibility index (Phi) is 3.36. The molecule has 20 heavy (non-hydrogen) atoms. The first-order valence-electron chi connectivity index (χ1n) is 6.94. The maximum Gasteiger partial charge on any atom is 0.127 e. The number of hydrogen-bond donors (Lipinski definition) is 1. The number of ether oxygens (including phenoxy) is 1. The molecular weight excluding hydrogens is 248 g/mol. The second-order valence-corrected chi connectivity index (χ2v) is 5.40. The molecule has 1 unspecified atom stereocenters. The highest BCUT2D eigenvalue weighted by molar-refractivity contribution is 5.52. The van der Waals surface area contributed by atoms with Crippen LogP contribution in [-0.4, -0.2) is 20.7 Å². The fourth-order valence-electron chi connectivity index (χ4n) is 2.66. The van der Waals surface area contributed by atoms with Crippen molar-refractivity contribution in [3.8, 4) is 5.75 Å². The Morgan fingerprint density at radius 3 is 2.75 bits per heavy atom. The van der Waals surface area contributed by atoms with Crippen LogP contribution in [0, 0.1) is 0 Å². The fourth-order valence-corrected chi connectivity index (χ4v) is 2.66. The first-order valence-corrected chi connectivity index (χ1v) is 6.94. The predicted octanol–water partition coefficient (Wildman–Crippen LogP) is 2.74. The number of benzene rings is 2. The quantitative estimate of drug-likeness (QED) is 0.930. The van der Waals surface area contributed by atoms with Crippen molar-refractivity contribution in [3.05, 3.63) is 59.2 Å². The Hall–Kier alpha value is -2.00. The molecule has 1 aliphatic heterocycles.